The van der Waals surface area contributed by atoms with E-state index >= 15 is 0 Å². The molecule has 29 heavy (non-hydrogen) atoms. The number of aromatic nitrogens is 1. The van der Waals surface area contributed by atoms with Crippen LogP contribution in [-0.4, -0.2) is 21.9 Å². The van der Waals surface area contributed by atoms with Crippen molar-refractivity contribution in [2.45, 2.75) is 37.8 Å². The van der Waals surface area contributed by atoms with Crippen LogP contribution in [0.5, 0.6) is 0 Å². The summed E-state index contributed by atoms with van der Waals surface area (Å²) in [5.41, 5.74) is 7.89. The number of thioether (sulfide) groups is 1. The minimum atomic E-state index is -0.242. The summed E-state index contributed by atoms with van der Waals surface area (Å²) in [5, 5.41) is 4.62. The Morgan fingerprint density at radius 2 is 1.86 bits per heavy atom. The molecule has 1 aromatic heterocycles. The Bertz CT molecular complexity index is 1040. The van der Waals surface area contributed by atoms with E-state index in [0.717, 1.165) is 27.5 Å². The minimum absolute atomic E-state index is 0.129. The second kappa shape index (κ2) is 9.33. The molecule has 0 fully saturated rings. The average Bonchev–Trinajstić information content (AvgIpc) is 2.97. The van der Waals surface area contributed by atoms with E-state index < -0.39 is 0 Å². The molecule has 0 radical (unpaired) electrons. The molecule has 2 aromatic carbocycles. The zero-order valence-electron chi connectivity index (χ0n) is 16.9. The number of rotatable bonds is 6. The zero-order valence-corrected chi connectivity index (χ0v) is 18.5. The first-order chi connectivity index (χ1) is 13.8. The van der Waals surface area contributed by atoms with Gasteiger partial charge in [-0.3, -0.25) is 4.79 Å². The first-order valence-electron chi connectivity index (χ1n) is 9.36. The van der Waals surface area contributed by atoms with Crippen molar-refractivity contribution in [3.63, 3.8) is 0 Å². The molecule has 0 unspecified atom stereocenters. The zero-order chi connectivity index (χ0) is 21.0. The monoisotopic (exact) mass is 425 g/mol. The van der Waals surface area contributed by atoms with Gasteiger partial charge in [-0.25, -0.2) is 5.43 Å². The highest BCUT2D eigenvalue weighted by molar-refractivity contribution is 8.00. The molecule has 3 rings (SSSR count). The smallest absolute Gasteiger partial charge is 0.253 e. The summed E-state index contributed by atoms with van der Waals surface area (Å²) >= 11 is 7.64. The van der Waals surface area contributed by atoms with Crippen LogP contribution < -0.4 is 5.43 Å². The number of carbonyl (C=O) groups is 1. The summed E-state index contributed by atoms with van der Waals surface area (Å²) < 4.78 is 2.12. The van der Waals surface area contributed by atoms with E-state index in [4.69, 9.17) is 11.6 Å². The van der Waals surface area contributed by atoms with Gasteiger partial charge in [0.05, 0.1) is 11.5 Å². The quantitative estimate of drug-likeness (QED) is 0.313. The van der Waals surface area contributed by atoms with Crippen LogP contribution in [-0.2, 0) is 4.79 Å². The van der Waals surface area contributed by atoms with Crippen molar-refractivity contribution in [2.24, 2.45) is 5.10 Å². The van der Waals surface area contributed by atoms with E-state index in [9.17, 15) is 4.79 Å². The van der Waals surface area contributed by atoms with Gasteiger partial charge in [0, 0.05) is 32.6 Å². The number of aryl methyl sites for hydroxylation is 2. The summed E-state index contributed by atoms with van der Waals surface area (Å²) in [6.45, 7) is 7.97. The number of nitrogens with zero attached hydrogens (tertiary/aromatic N) is 2. The number of halogens is 1. The fourth-order valence-electron chi connectivity index (χ4n) is 3.06. The first kappa shape index (κ1) is 21.2. The Kier molecular flexibility index (Phi) is 6.83. The molecular weight excluding hydrogens is 402 g/mol. The lowest BCUT2D eigenvalue weighted by molar-refractivity contribution is -0.120. The molecule has 0 aliphatic carbocycles. The third-order valence-electron chi connectivity index (χ3n) is 4.62. The van der Waals surface area contributed by atoms with Crippen molar-refractivity contribution in [3.8, 4) is 5.69 Å². The minimum Gasteiger partial charge on any atom is -0.318 e. The SMILES string of the molecule is Cc1ccc(S[C@@H](C)C(=O)N/N=C\c2cc(C)n(-c3cccc(Cl)c3)c2C)cc1. The second-order valence-electron chi connectivity index (χ2n) is 6.95. The molecule has 0 aliphatic heterocycles. The molecule has 0 saturated carbocycles. The van der Waals surface area contributed by atoms with Crippen molar-refractivity contribution in [2.75, 3.05) is 0 Å². The lowest BCUT2D eigenvalue weighted by atomic mass is 10.2. The molecule has 0 spiro atoms. The van der Waals surface area contributed by atoms with Gasteiger partial charge in [0.2, 0.25) is 0 Å². The Balaban J connectivity index is 1.66. The summed E-state index contributed by atoms with van der Waals surface area (Å²) in [7, 11) is 0. The predicted octanol–water partition coefficient (Wildman–Crippen LogP) is 5.69. The Morgan fingerprint density at radius 1 is 1.14 bits per heavy atom. The third-order valence-corrected chi connectivity index (χ3v) is 5.97. The molecular formula is C23H24ClN3OS. The number of amides is 1. The highest BCUT2D eigenvalue weighted by Crippen LogP contribution is 2.24. The van der Waals surface area contributed by atoms with Crippen LogP contribution in [0.2, 0.25) is 5.02 Å². The van der Waals surface area contributed by atoms with Gasteiger partial charge in [-0.1, -0.05) is 35.4 Å². The molecule has 0 saturated heterocycles. The lowest BCUT2D eigenvalue weighted by Gasteiger charge is -2.10. The molecule has 1 amide bonds. The van der Waals surface area contributed by atoms with Crippen molar-refractivity contribution in [1.29, 1.82) is 0 Å². The van der Waals surface area contributed by atoms with E-state index in [2.05, 4.69) is 15.1 Å². The van der Waals surface area contributed by atoms with E-state index in [1.807, 2.05) is 82.3 Å². The molecule has 3 aromatic rings. The Hall–Kier alpha value is -2.50. The van der Waals surface area contributed by atoms with Gasteiger partial charge in [0.1, 0.15) is 0 Å². The predicted molar refractivity (Wildman–Crippen MR) is 122 cm³/mol. The largest absolute Gasteiger partial charge is 0.318 e. The van der Waals surface area contributed by atoms with Crippen LogP contribution in [0.25, 0.3) is 5.69 Å². The first-order valence-corrected chi connectivity index (χ1v) is 10.6. The number of benzene rings is 2. The molecule has 0 aliphatic rings. The van der Waals surface area contributed by atoms with Gasteiger partial charge in [0.25, 0.3) is 5.91 Å². The van der Waals surface area contributed by atoms with Gasteiger partial charge in [-0.15, -0.1) is 11.8 Å². The van der Waals surface area contributed by atoms with E-state index in [-0.39, 0.29) is 11.2 Å². The average molecular weight is 426 g/mol. The fourth-order valence-corrected chi connectivity index (χ4v) is 4.11. The van der Waals surface area contributed by atoms with Gasteiger partial charge in [-0.05, 0) is 64.1 Å². The lowest BCUT2D eigenvalue weighted by Crippen LogP contribution is -2.26. The number of hydrogen-bond acceptors (Lipinski definition) is 3. The molecule has 1 heterocycles. The van der Waals surface area contributed by atoms with Crippen molar-refractivity contribution >= 4 is 35.5 Å². The van der Waals surface area contributed by atoms with E-state index in [1.165, 1.54) is 17.3 Å². The number of hydrogen-bond donors (Lipinski definition) is 1. The van der Waals surface area contributed by atoms with E-state index in [1.54, 1.807) is 6.21 Å². The van der Waals surface area contributed by atoms with Crippen LogP contribution in [0.4, 0.5) is 0 Å². The highest BCUT2D eigenvalue weighted by Gasteiger charge is 2.14. The standard InChI is InChI=1S/C23H24ClN3OS/c1-15-8-10-22(11-9-15)29-18(4)23(28)26-25-14-19-12-16(2)27(17(19)3)21-7-5-6-20(24)13-21/h5-14,18H,1-4H3,(H,26,28)/b25-14-/t18-/m0/s1. The number of nitrogens with one attached hydrogen (secondary N) is 1. The normalized spacial score (nSPS) is 12.3. The van der Waals surface area contributed by atoms with Gasteiger partial charge in [-0.2, -0.15) is 5.10 Å². The van der Waals surface area contributed by atoms with Gasteiger partial charge in [0.15, 0.2) is 0 Å². The third kappa shape index (κ3) is 5.31. The van der Waals surface area contributed by atoms with E-state index in [0.29, 0.717) is 5.02 Å². The maximum absolute atomic E-state index is 12.4. The fraction of sp³-hybridized carbons (Fsp3) is 0.217. The summed E-state index contributed by atoms with van der Waals surface area (Å²) in [6, 6.07) is 17.9. The molecule has 1 atom stereocenters. The summed E-state index contributed by atoms with van der Waals surface area (Å²) in [5.74, 6) is -0.129. The molecule has 4 nitrogen and oxygen atoms in total. The molecule has 0 bridgehead atoms. The number of carbonyl (C=O) groups excluding carboxylic acids is 1. The van der Waals surface area contributed by atoms with Crippen LogP contribution in [0.1, 0.15) is 29.4 Å². The van der Waals surface area contributed by atoms with Crippen molar-refractivity contribution < 1.29 is 4.79 Å². The van der Waals surface area contributed by atoms with Crippen LogP contribution in [0.15, 0.2) is 64.6 Å². The molecule has 150 valence electrons. The maximum atomic E-state index is 12.4. The summed E-state index contributed by atoms with van der Waals surface area (Å²) in [4.78, 5) is 13.4. The van der Waals surface area contributed by atoms with Crippen LogP contribution >= 0.6 is 23.4 Å². The maximum Gasteiger partial charge on any atom is 0.253 e. The van der Waals surface area contributed by atoms with Gasteiger partial charge < -0.3 is 4.57 Å². The Morgan fingerprint density at radius 3 is 2.55 bits per heavy atom. The Labute approximate surface area is 181 Å². The van der Waals surface area contributed by atoms with Crippen LogP contribution in [0, 0.1) is 20.8 Å². The van der Waals surface area contributed by atoms with Crippen LogP contribution in [0.3, 0.4) is 0 Å². The number of hydrazone groups is 1. The topological polar surface area (TPSA) is 46.4 Å². The van der Waals surface area contributed by atoms with Gasteiger partial charge >= 0.3 is 0 Å². The second-order valence-corrected chi connectivity index (χ2v) is 8.80. The highest BCUT2D eigenvalue weighted by atomic mass is 35.5. The summed E-state index contributed by atoms with van der Waals surface area (Å²) in [6.07, 6.45) is 1.69. The molecule has 1 N–H and O–H groups in total. The van der Waals surface area contributed by atoms with Crippen molar-refractivity contribution in [3.05, 3.63) is 82.1 Å². The van der Waals surface area contributed by atoms with Crippen molar-refractivity contribution in [1.82, 2.24) is 9.99 Å². The molecule has 6 heteroatoms.